The number of ether oxygens (including phenoxy) is 4. The summed E-state index contributed by atoms with van der Waals surface area (Å²) >= 11 is 0. The molecule has 0 aliphatic carbocycles. The van der Waals surface area contributed by atoms with Crippen LogP contribution in [0, 0.1) is 0 Å². The van der Waals surface area contributed by atoms with Crippen molar-refractivity contribution in [1.82, 2.24) is 0 Å². The summed E-state index contributed by atoms with van der Waals surface area (Å²) in [6.45, 7) is 4.58. The van der Waals surface area contributed by atoms with E-state index in [4.69, 9.17) is 18.9 Å². The lowest BCUT2D eigenvalue weighted by Gasteiger charge is -2.26. The lowest BCUT2D eigenvalue weighted by molar-refractivity contribution is -0.870. The van der Waals surface area contributed by atoms with Gasteiger partial charge in [-0.25, -0.2) is 0 Å². The molecule has 0 rings (SSSR count). The molecule has 0 aromatic rings. The van der Waals surface area contributed by atoms with Gasteiger partial charge >= 0.3 is 11.9 Å². The van der Waals surface area contributed by atoms with Gasteiger partial charge in [-0.15, -0.1) is 0 Å². The number of hydrogen-bond acceptors (Lipinski definition) is 8. The minimum atomic E-state index is -1.64. The normalized spacial score (nSPS) is 13.6. The summed E-state index contributed by atoms with van der Waals surface area (Å²) in [5.74, 6) is -2.35. The van der Waals surface area contributed by atoms with Gasteiger partial charge in [-0.05, 0) is 77.0 Å². The highest BCUT2D eigenvalue weighted by atomic mass is 16.7. The number of nitrogens with zero attached hydrogens (tertiary/aromatic N) is 1. The minimum absolute atomic E-state index is 0.135. The van der Waals surface area contributed by atoms with Crippen LogP contribution in [0.5, 0.6) is 0 Å². The number of carbonyl (C=O) groups excluding carboxylic acids is 3. The number of hydrogen-bond donors (Lipinski definition) is 0. The van der Waals surface area contributed by atoms with Crippen molar-refractivity contribution < 1.29 is 42.9 Å². The third-order valence-electron chi connectivity index (χ3n) is 11.6. The Morgan fingerprint density at radius 1 is 0.443 bits per heavy atom. The summed E-state index contributed by atoms with van der Waals surface area (Å²) in [4.78, 5) is 37.2. The van der Waals surface area contributed by atoms with E-state index in [0.29, 0.717) is 17.4 Å². The Morgan fingerprint density at radius 2 is 0.814 bits per heavy atom. The second kappa shape index (κ2) is 51.6. The lowest BCUT2D eigenvalue weighted by Crippen LogP contribution is -2.44. The molecule has 0 saturated carbocycles. The Morgan fingerprint density at radius 3 is 1.21 bits per heavy atom. The van der Waals surface area contributed by atoms with E-state index in [-0.39, 0.29) is 38.6 Å². The van der Waals surface area contributed by atoms with Gasteiger partial charge in [0.05, 0.1) is 40.3 Å². The van der Waals surface area contributed by atoms with Crippen LogP contribution in [0.2, 0.25) is 0 Å². The summed E-state index contributed by atoms with van der Waals surface area (Å²) in [6, 6.07) is 0. The molecule has 0 aromatic carbocycles. The van der Waals surface area contributed by atoms with Gasteiger partial charge in [0, 0.05) is 12.8 Å². The highest BCUT2D eigenvalue weighted by molar-refractivity contribution is 5.70. The SMILES string of the molecule is CC/C=C\C/C=C\C/C=C\C/C=C\C/C=C\C/C=C\C/C=C\C/C=C\CCCCC(=O)OC(COC(=O)CCCCCCCCCCCCCCCCCCCC)COC(OCC[N+](C)(C)C)C(=O)[O-]. The van der Waals surface area contributed by atoms with E-state index in [9.17, 15) is 19.5 Å². The summed E-state index contributed by atoms with van der Waals surface area (Å²) in [5.41, 5.74) is 0. The van der Waals surface area contributed by atoms with Gasteiger partial charge in [-0.1, -0.05) is 220 Å². The molecule has 9 nitrogen and oxygen atoms in total. The second-order valence-electron chi connectivity index (χ2n) is 19.5. The third-order valence-corrected chi connectivity index (χ3v) is 11.6. The number of quaternary nitrogens is 1. The van der Waals surface area contributed by atoms with E-state index in [2.05, 4.69) is 111 Å². The van der Waals surface area contributed by atoms with Crippen molar-refractivity contribution in [1.29, 1.82) is 0 Å². The van der Waals surface area contributed by atoms with Crippen molar-refractivity contribution in [2.75, 3.05) is 47.5 Å². The molecule has 400 valence electrons. The molecule has 2 unspecified atom stereocenters. The fourth-order valence-electron chi connectivity index (χ4n) is 7.32. The van der Waals surface area contributed by atoms with Gasteiger partial charge in [-0.2, -0.15) is 0 Å². The second-order valence-corrected chi connectivity index (χ2v) is 19.5. The molecular formula is C61H103NO8. The number of aliphatic carboxylic acids is 1. The number of carbonyl (C=O) groups is 3. The highest BCUT2D eigenvalue weighted by Gasteiger charge is 2.22. The van der Waals surface area contributed by atoms with E-state index in [1.165, 1.54) is 96.3 Å². The molecule has 0 bridgehead atoms. The molecular weight excluding hydrogens is 875 g/mol. The van der Waals surface area contributed by atoms with Crippen LogP contribution >= 0.6 is 0 Å². The van der Waals surface area contributed by atoms with Crippen LogP contribution in [0.15, 0.2) is 97.2 Å². The zero-order valence-electron chi connectivity index (χ0n) is 45.4. The van der Waals surface area contributed by atoms with Gasteiger partial charge in [0.1, 0.15) is 13.2 Å². The highest BCUT2D eigenvalue weighted by Crippen LogP contribution is 2.15. The molecule has 9 heteroatoms. The molecule has 0 spiro atoms. The van der Waals surface area contributed by atoms with Gasteiger partial charge in [0.2, 0.25) is 0 Å². The largest absolute Gasteiger partial charge is 0.545 e. The first-order valence-corrected chi connectivity index (χ1v) is 27.9. The number of esters is 2. The van der Waals surface area contributed by atoms with Crippen molar-refractivity contribution >= 4 is 17.9 Å². The smallest absolute Gasteiger partial charge is 0.306 e. The van der Waals surface area contributed by atoms with Gasteiger partial charge in [0.15, 0.2) is 12.4 Å². The number of unbranched alkanes of at least 4 members (excludes halogenated alkanes) is 19. The quantitative estimate of drug-likeness (QED) is 0.0195. The predicted octanol–water partition coefficient (Wildman–Crippen LogP) is 14.8. The minimum Gasteiger partial charge on any atom is -0.545 e. The van der Waals surface area contributed by atoms with E-state index < -0.39 is 24.3 Å². The number of likely N-dealkylation sites (N-methyl/N-ethyl adjacent to an activating group) is 1. The molecule has 0 aromatic heterocycles. The van der Waals surface area contributed by atoms with E-state index in [1.807, 2.05) is 21.1 Å². The molecule has 0 aliphatic heterocycles. The zero-order valence-corrected chi connectivity index (χ0v) is 45.4. The maximum absolute atomic E-state index is 12.8. The fourth-order valence-corrected chi connectivity index (χ4v) is 7.32. The third kappa shape index (κ3) is 52.0. The molecule has 0 saturated heterocycles. The van der Waals surface area contributed by atoms with Crippen LogP contribution in [0.4, 0.5) is 0 Å². The molecule has 2 atom stereocenters. The van der Waals surface area contributed by atoms with Crippen LogP contribution in [0.25, 0.3) is 0 Å². The molecule has 0 aliphatic rings. The number of carboxylic acids is 1. The Labute approximate surface area is 429 Å². The van der Waals surface area contributed by atoms with Gasteiger partial charge in [0.25, 0.3) is 0 Å². The first kappa shape index (κ1) is 66.2. The maximum Gasteiger partial charge on any atom is 0.306 e. The van der Waals surface area contributed by atoms with Crippen molar-refractivity contribution in [2.45, 2.75) is 225 Å². The van der Waals surface area contributed by atoms with Gasteiger partial charge < -0.3 is 33.3 Å². The summed E-state index contributed by atoms with van der Waals surface area (Å²) in [5, 5.41) is 11.8. The van der Waals surface area contributed by atoms with Gasteiger partial charge in [-0.3, -0.25) is 9.59 Å². The lowest BCUT2D eigenvalue weighted by atomic mass is 10.0. The Bertz CT molecular complexity index is 1470. The molecule has 0 N–H and O–H groups in total. The maximum atomic E-state index is 12.8. The summed E-state index contributed by atoms with van der Waals surface area (Å²) < 4.78 is 22.6. The van der Waals surface area contributed by atoms with Crippen molar-refractivity contribution in [3.8, 4) is 0 Å². The molecule has 0 amide bonds. The Kier molecular flexibility index (Phi) is 48.8. The number of carboxylic acid groups (broad SMARTS) is 1. The number of allylic oxidation sites excluding steroid dienone is 16. The van der Waals surface area contributed by atoms with Crippen molar-refractivity contribution in [3.05, 3.63) is 97.2 Å². The van der Waals surface area contributed by atoms with E-state index in [0.717, 1.165) is 83.5 Å². The molecule has 0 heterocycles. The average Bonchev–Trinajstić information content (AvgIpc) is 3.33. The standard InChI is InChI=1S/C61H103NO8/c1-6-8-10-12-14-16-18-20-22-24-26-27-28-29-30-31-32-33-34-36-38-40-42-44-46-48-50-52-59(64)70-57(56-69-61(60(65)66)67-54-53-62(3,4)5)55-68-58(63)51-49-47-45-43-41-39-37-35-25-23-21-19-17-15-13-11-9-7-2/h8,10,14,16,20,22,26-27,29-30,32-33,36,38,42,44,57,61H,6-7,9,11-13,15,17-19,21,23-25,28,31,34-35,37,39-41,43,45-56H2,1-5H3/b10-8-,16-14-,22-20-,27-26-,30-29-,33-32-,38-36-,44-42-. The monoisotopic (exact) mass is 978 g/mol. The summed E-state index contributed by atoms with van der Waals surface area (Å²) in [7, 11) is 5.90. The summed E-state index contributed by atoms with van der Waals surface area (Å²) in [6.07, 6.45) is 65.9. The van der Waals surface area contributed by atoms with Crippen LogP contribution in [0.1, 0.15) is 213 Å². The van der Waals surface area contributed by atoms with E-state index >= 15 is 0 Å². The van der Waals surface area contributed by atoms with Crippen LogP contribution in [-0.4, -0.2) is 82.3 Å². The average molecular weight is 978 g/mol. The predicted molar refractivity (Wildman–Crippen MR) is 292 cm³/mol. The van der Waals surface area contributed by atoms with E-state index in [1.54, 1.807) is 0 Å². The molecule has 70 heavy (non-hydrogen) atoms. The molecule has 0 fully saturated rings. The fraction of sp³-hybridized carbons (Fsp3) is 0.689. The zero-order chi connectivity index (χ0) is 51.3. The topological polar surface area (TPSA) is 111 Å². The number of rotatable bonds is 50. The van der Waals surface area contributed by atoms with Crippen LogP contribution in [0.3, 0.4) is 0 Å². The van der Waals surface area contributed by atoms with Crippen LogP contribution < -0.4 is 5.11 Å². The Balaban J connectivity index is 4.40. The van der Waals surface area contributed by atoms with Crippen molar-refractivity contribution in [3.63, 3.8) is 0 Å². The first-order chi connectivity index (χ1) is 34.1. The first-order valence-electron chi connectivity index (χ1n) is 27.9. The Hall–Kier alpha value is -3.79. The van der Waals surface area contributed by atoms with Crippen LogP contribution in [-0.2, 0) is 33.3 Å². The van der Waals surface area contributed by atoms with Crippen molar-refractivity contribution in [2.24, 2.45) is 0 Å². The molecule has 0 radical (unpaired) electrons.